The summed E-state index contributed by atoms with van der Waals surface area (Å²) >= 11 is 0. The van der Waals surface area contributed by atoms with E-state index in [0.717, 1.165) is 70.6 Å². The van der Waals surface area contributed by atoms with Gasteiger partial charge in [-0.1, -0.05) is 309 Å². The third-order valence-electron chi connectivity index (χ3n) is 15.9. The van der Waals surface area contributed by atoms with Crippen LogP contribution in [0, 0.1) is 0 Å². The molecule has 1 N–H and O–H groups in total. The molecule has 0 saturated heterocycles. The van der Waals surface area contributed by atoms with Crippen LogP contribution in [0.1, 0.15) is 355 Å². The second kappa shape index (κ2) is 59.6. The quantitative estimate of drug-likeness (QED) is 0.0212. The molecule has 0 aromatic rings. The van der Waals surface area contributed by atoms with Gasteiger partial charge in [0.2, 0.25) is 5.91 Å². The number of hydrogen-bond acceptors (Lipinski definition) is 7. The minimum absolute atomic E-state index is 0.0195. The highest BCUT2D eigenvalue weighted by molar-refractivity contribution is 7.45. The molecule has 0 radical (unpaired) electrons. The number of quaternary nitrogens is 1. The Morgan fingerprint density at radius 2 is 0.734 bits per heavy atom. The van der Waals surface area contributed by atoms with Gasteiger partial charge < -0.3 is 28.5 Å². The van der Waals surface area contributed by atoms with Crippen molar-refractivity contribution in [2.45, 2.75) is 367 Å². The normalized spacial score (nSPS) is 13.7. The van der Waals surface area contributed by atoms with Crippen molar-refractivity contribution in [2.24, 2.45) is 0 Å². The topological polar surface area (TPSA) is 114 Å². The zero-order valence-electron chi connectivity index (χ0n) is 53.6. The van der Waals surface area contributed by atoms with E-state index in [-0.39, 0.29) is 31.5 Å². The van der Waals surface area contributed by atoms with Crippen molar-refractivity contribution in [2.75, 3.05) is 40.9 Å². The summed E-state index contributed by atoms with van der Waals surface area (Å²) in [5.41, 5.74) is 0. The molecular weight excluding hydrogens is 1000 g/mol. The van der Waals surface area contributed by atoms with Crippen molar-refractivity contribution in [3.8, 4) is 0 Å². The van der Waals surface area contributed by atoms with Gasteiger partial charge in [0.15, 0.2) is 0 Å². The van der Waals surface area contributed by atoms with Gasteiger partial charge >= 0.3 is 5.97 Å². The molecule has 0 aliphatic heterocycles. The lowest BCUT2D eigenvalue weighted by molar-refractivity contribution is -0.870. The van der Waals surface area contributed by atoms with Crippen LogP contribution in [0.5, 0.6) is 0 Å². The maximum atomic E-state index is 13.5. The van der Waals surface area contributed by atoms with Crippen molar-refractivity contribution in [3.05, 3.63) is 24.3 Å². The number of nitrogens with zero attached hydrogens (tertiary/aromatic N) is 1. The van der Waals surface area contributed by atoms with Crippen LogP contribution in [0.2, 0.25) is 0 Å². The molecule has 0 heterocycles. The molecule has 0 rings (SSSR count). The van der Waals surface area contributed by atoms with Crippen molar-refractivity contribution in [1.82, 2.24) is 5.32 Å². The van der Waals surface area contributed by atoms with E-state index < -0.39 is 20.0 Å². The van der Waals surface area contributed by atoms with Crippen LogP contribution < -0.4 is 10.2 Å². The second-order valence-electron chi connectivity index (χ2n) is 25.0. The molecule has 0 saturated carbocycles. The largest absolute Gasteiger partial charge is 0.756 e. The summed E-state index contributed by atoms with van der Waals surface area (Å²) in [4.78, 5) is 40.1. The summed E-state index contributed by atoms with van der Waals surface area (Å²) in [6.45, 7) is 6.89. The van der Waals surface area contributed by atoms with Crippen LogP contribution in [-0.2, 0) is 27.9 Å². The number of likely N-dealkylation sites (N-methyl/N-ethyl adjacent to an activating group) is 1. The van der Waals surface area contributed by atoms with E-state index in [0.29, 0.717) is 17.4 Å². The van der Waals surface area contributed by atoms with Gasteiger partial charge in [0, 0.05) is 12.8 Å². The van der Waals surface area contributed by atoms with Gasteiger partial charge in [-0.25, -0.2) is 0 Å². The summed E-state index contributed by atoms with van der Waals surface area (Å²) in [5, 5.41) is 3.04. The van der Waals surface area contributed by atoms with E-state index in [9.17, 15) is 19.0 Å². The summed E-state index contributed by atoms with van der Waals surface area (Å²) in [6, 6.07) is -0.885. The molecule has 0 aromatic heterocycles. The summed E-state index contributed by atoms with van der Waals surface area (Å²) in [5.74, 6) is -0.526. The van der Waals surface area contributed by atoms with Gasteiger partial charge in [-0.3, -0.25) is 14.2 Å². The molecule has 9 nitrogen and oxygen atoms in total. The second-order valence-corrected chi connectivity index (χ2v) is 26.5. The number of phosphoric acid groups is 1. The van der Waals surface area contributed by atoms with E-state index in [4.69, 9.17) is 13.8 Å². The molecule has 0 fully saturated rings. The zero-order chi connectivity index (χ0) is 57.9. The number of amides is 1. The number of hydrogen-bond donors (Lipinski definition) is 1. The maximum absolute atomic E-state index is 13.5. The van der Waals surface area contributed by atoms with E-state index in [1.807, 2.05) is 33.3 Å². The Morgan fingerprint density at radius 3 is 1.08 bits per heavy atom. The van der Waals surface area contributed by atoms with Crippen molar-refractivity contribution >= 4 is 19.7 Å². The fraction of sp³-hybridized carbons (Fsp3) is 0.913. The van der Waals surface area contributed by atoms with Gasteiger partial charge in [0.05, 0.1) is 33.8 Å². The Hall–Kier alpha value is -1.51. The first kappa shape index (κ1) is 77.5. The van der Waals surface area contributed by atoms with E-state index >= 15 is 0 Å². The molecule has 0 aliphatic rings. The lowest BCUT2D eigenvalue weighted by atomic mass is 10.0. The number of phosphoric ester groups is 1. The minimum atomic E-state index is -4.70. The number of esters is 1. The molecule has 0 spiro atoms. The van der Waals surface area contributed by atoms with Gasteiger partial charge in [0.1, 0.15) is 19.3 Å². The number of rotatable bonds is 64. The Kier molecular flexibility index (Phi) is 58.5. The molecule has 1 amide bonds. The van der Waals surface area contributed by atoms with Gasteiger partial charge in [0.25, 0.3) is 7.82 Å². The van der Waals surface area contributed by atoms with Crippen molar-refractivity contribution in [1.29, 1.82) is 0 Å². The van der Waals surface area contributed by atoms with Gasteiger partial charge in [-0.2, -0.15) is 0 Å². The Bertz CT molecular complexity index is 1400. The molecule has 3 atom stereocenters. The number of carbonyl (C=O) groups is 2. The lowest BCUT2D eigenvalue weighted by Gasteiger charge is -2.30. The fourth-order valence-corrected chi connectivity index (χ4v) is 11.2. The Labute approximate surface area is 492 Å². The molecule has 10 heteroatoms. The minimum Gasteiger partial charge on any atom is -0.756 e. The van der Waals surface area contributed by atoms with Crippen LogP contribution in [0.3, 0.4) is 0 Å². The maximum Gasteiger partial charge on any atom is 0.306 e. The predicted molar refractivity (Wildman–Crippen MR) is 340 cm³/mol. The average Bonchev–Trinajstić information content (AvgIpc) is 3.41. The monoisotopic (exact) mass is 1140 g/mol. The highest BCUT2D eigenvalue weighted by Gasteiger charge is 2.27. The number of nitrogens with one attached hydrogen (secondary N) is 1. The van der Waals surface area contributed by atoms with Crippen LogP contribution in [0.25, 0.3) is 0 Å². The van der Waals surface area contributed by atoms with E-state index in [1.165, 1.54) is 250 Å². The highest BCUT2D eigenvalue weighted by Crippen LogP contribution is 2.38. The van der Waals surface area contributed by atoms with Crippen molar-refractivity contribution < 1.29 is 37.3 Å². The number of ether oxygens (including phenoxy) is 1. The number of carbonyl (C=O) groups excluding carboxylic acids is 2. The van der Waals surface area contributed by atoms with E-state index in [2.05, 4.69) is 38.2 Å². The summed E-state index contributed by atoms with van der Waals surface area (Å²) in [7, 11) is 1.20. The Balaban J connectivity index is 4.99. The molecule has 0 bridgehead atoms. The third-order valence-corrected chi connectivity index (χ3v) is 16.8. The van der Waals surface area contributed by atoms with Crippen LogP contribution in [-0.4, -0.2) is 69.4 Å². The first-order valence-electron chi connectivity index (χ1n) is 34.6. The third kappa shape index (κ3) is 60.9. The summed E-state index contributed by atoms with van der Waals surface area (Å²) in [6.07, 6.45) is 71.6. The lowest BCUT2D eigenvalue weighted by Crippen LogP contribution is -2.47. The first-order valence-corrected chi connectivity index (χ1v) is 36.1. The molecule has 0 aromatic carbocycles. The molecule has 0 aliphatic carbocycles. The van der Waals surface area contributed by atoms with Gasteiger partial charge in [-0.15, -0.1) is 0 Å². The highest BCUT2D eigenvalue weighted by atomic mass is 31.2. The fourth-order valence-electron chi connectivity index (χ4n) is 10.5. The number of unbranched alkanes of at least 4 members (excludes halogenated alkanes) is 46. The molecular formula is C69H135N2O7P. The van der Waals surface area contributed by atoms with E-state index in [1.54, 1.807) is 0 Å². The molecule has 468 valence electrons. The van der Waals surface area contributed by atoms with Crippen LogP contribution in [0.4, 0.5) is 0 Å². The molecule has 79 heavy (non-hydrogen) atoms. The SMILES string of the molecule is CCCCCCCC/C=C/CCCCCCCCCC(=O)NC(COP(=O)([O-])OCC[N+](C)(C)C)C(/C=C\CCCCCCCCCCC)OC(=O)CCCCCCCCCCCCCCCCCCCCCCCCCCC. The van der Waals surface area contributed by atoms with Crippen LogP contribution >= 0.6 is 7.82 Å². The average molecular weight is 1140 g/mol. The standard InChI is InChI=1S/C69H135N2O7P/c1-7-10-13-16-19-22-25-27-29-31-32-33-34-35-36-37-38-40-42-44-47-50-53-56-59-62-69(73)78-67(60-57-54-51-48-45-24-21-18-15-12-9-3)66(65-77-79(74,75)76-64-63-71(4,5)6)70-68(72)61-58-55-52-49-46-43-41-39-30-28-26-23-20-17-14-11-8-2/h28,30,57,60,66-67H,7-27,29,31-56,58-59,61-65H2,1-6H3,(H-,70,72,74,75)/b30-28+,60-57-. The first-order chi connectivity index (χ1) is 38.4. The predicted octanol–water partition coefficient (Wildman–Crippen LogP) is 21.0. The molecule has 3 unspecified atom stereocenters. The van der Waals surface area contributed by atoms with Crippen LogP contribution in [0.15, 0.2) is 24.3 Å². The zero-order valence-corrected chi connectivity index (χ0v) is 54.5. The van der Waals surface area contributed by atoms with Crippen molar-refractivity contribution in [3.63, 3.8) is 0 Å². The van der Waals surface area contributed by atoms with Gasteiger partial charge in [-0.05, 0) is 57.4 Å². The Morgan fingerprint density at radius 1 is 0.430 bits per heavy atom. The summed E-state index contributed by atoms with van der Waals surface area (Å²) < 4.78 is 30.4. The number of allylic oxidation sites excluding steroid dienone is 3. The smallest absolute Gasteiger partial charge is 0.306 e.